The summed E-state index contributed by atoms with van der Waals surface area (Å²) < 4.78 is 11.4. The number of nitrogens with one attached hydrogen (secondary N) is 1. The molecule has 5 heteroatoms. The second-order valence-corrected chi connectivity index (χ2v) is 6.66. The van der Waals surface area contributed by atoms with E-state index in [2.05, 4.69) is 10.3 Å². The maximum absolute atomic E-state index is 12.3. The van der Waals surface area contributed by atoms with E-state index in [4.69, 9.17) is 9.47 Å². The van der Waals surface area contributed by atoms with Gasteiger partial charge in [0.15, 0.2) is 0 Å². The van der Waals surface area contributed by atoms with Gasteiger partial charge < -0.3 is 14.8 Å². The van der Waals surface area contributed by atoms with E-state index in [1.54, 1.807) is 12.3 Å². The molecule has 1 aromatic heterocycles. The lowest BCUT2D eigenvalue weighted by Gasteiger charge is -2.14. The van der Waals surface area contributed by atoms with Crippen molar-refractivity contribution in [2.45, 2.75) is 26.6 Å². The van der Waals surface area contributed by atoms with Crippen LogP contribution in [0.15, 0.2) is 79.0 Å². The van der Waals surface area contributed by atoms with Gasteiger partial charge in [-0.3, -0.25) is 9.78 Å². The van der Waals surface area contributed by atoms with Crippen molar-refractivity contribution < 1.29 is 14.3 Å². The fourth-order valence-electron chi connectivity index (χ4n) is 2.59. The number of aromatic nitrogens is 1. The van der Waals surface area contributed by atoms with Crippen molar-refractivity contribution in [3.8, 4) is 11.5 Å². The van der Waals surface area contributed by atoms with Crippen LogP contribution in [0.2, 0.25) is 0 Å². The van der Waals surface area contributed by atoms with Crippen molar-refractivity contribution in [2.24, 2.45) is 0 Å². The average molecular weight is 388 g/mol. The Morgan fingerprint density at radius 2 is 1.79 bits per heavy atom. The average Bonchev–Trinajstić information content (AvgIpc) is 2.73. The van der Waals surface area contributed by atoms with E-state index in [1.807, 2.05) is 80.6 Å². The highest BCUT2D eigenvalue weighted by atomic mass is 16.5. The molecule has 1 heterocycles. The molecule has 3 rings (SSSR count). The van der Waals surface area contributed by atoms with Crippen molar-refractivity contribution >= 4 is 17.7 Å². The Balaban J connectivity index is 1.55. The van der Waals surface area contributed by atoms with Gasteiger partial charge in [0.1, 0.15) is 18.1 Å². The molecule has 0 fully saturated rings. The molecule has 5 nitrogen and oxygen atoms in total. The van der Waals surface area contributed by atoms with Crippen LogP contribution >= 0.6 is 0 Å². The number of carbonyl (C=O) groups excluding carboxylic acids is 1. The molecule has 1 N–H and O–H groups in total. The maximum Gasteiger partial charge on any atom is 0.248 e. The van der Waals surface area contributed by atoms with Crippen LogP contribution in [-0.4, -0.2) is 17.0 Å². The molecule has 0 saturated heterocycles. The number of amides is 1. The Bertz CT molecular complexity index is 951. The standard InChI is InChI=1S/C24H24N2O3/c1-18(2)29-23-9-4-3-8-22(23)26-24(27)15-12-19-10-13-21(14-11-19)28-17-20-7-5-6-16-25-20/h3-16,18H,17H2,1-2H3,(H,26,27)/b15-12+. The highest BCUT2D eigenvalue weighted by molar-refractivity contribution is 6.02. The van der Waals surface area contributed by atoms with Gasteiger partial charge in [-0.05, 0) is 61.9 Å². The normalized spacial score (nSPS) is 10.9. The van der Waals surface area contributed by atoms with Gasteiger partial charge in [-0.15, -0.1) is 0 Å². The number of ether oxygens (including phenoxy) is 2. The van der Waals surface area contributed by atoms with Crippen LogP contribution in [0.4, 0.5) is 5.69 Å². The van der Waals surface area contributed by atoms with Gasteiger partial charge in [0.2, 0.25) is 5.91 Å². The summed E-state index contributed by atoms with van der Waals surface area (Å²) >= 11 is 0. The summed E-state index contributed by atoms with van der Waals surface area (Å²) in [6.45, 7) is 4.31. The van der Waals surface area contributed by atoms with Crippen LogP contribution < -0.4 is 14.8 Å². The number of hydrogen-bond donors (Lipinski definition) is 1. The number of rotatable bonds is 8. The summed E-state index contributed by atoms with van der Waals surface area (Å²) in [5.41, 5.74) is 2.42. The number of benzene rings is 2. The second kappa shape index (κ2) is 10.1. The van der Waals surface area contributed by atoms with Crippen LogP contribution in [0.3, 0.4) is 0 Å². The Kier molecular flexibility index (Phi) is 7.00. The van der Waals surface area contributed by atoms with Crippen molar-refractivity contribution in [2.75, 3.05) is 5.32 Å². The molecule has 0 saturated carbocycles. The first-order valence-electron chi connectivity index (χ1n) is 9.47. The Labute approximate surface area is 171 Å². The Morgan fingerprint density at radius 1 is 1.03 bits per heavy atom. The van der Waals surface area contributed by atoms with Gasteiger partial charge in [-0.2, -0.15) is 0 Å². The van der Waals surface area contributed by atoms with Gasteiger partial charge in [-0.1, -0.05) is 30.3 Å². The quantitative estimate of drug-likeness (QED) is 0.546. The van der Waals surface area contributed by atoms with E-state index in [9.17, 15) is 4.79 Å². The summed E-state index contributed by atoms with van der Waals surface area (Å²) in [5.74, 6) is 1.18. The summed E-state index contributed by atoms with van der Waals surface area (Å²) in [5, 5.41) is 2.85. The summed E-state index contributed by atoms with van der Waals surface area (Å²) in [7, 11) is 0. The zero-order valence-corrected chi connectivity index (χ0v) is 16.5. The van der Waals surface area contributed by atoms with Gasteiger partial charge >= 0.3 is 0 Å². The first kappa shape index (κ1) is 20.1. The van der Waals surface area contributed by atoms with Crippen molar-refractivity contribution in [1.29, 1.82) is 0 Å². The molecular weight excluding hydrogens is 364 g/mol. The predicted molar refractivity (Wildman–Crippen MR) is 115 cm³/mol. The molecule has 3 aromatic rings. The number of anilines is 1. The predicted octanol–water partition coefficient (Wildman–Crippen LogP) is 5.10. The highest BCUT2D eigenvalue weighted by Crippen LogP contribution is 2.25. The zero-order chi connectivity index (χ0) is 20.5. The third kappa shape index (κ3) is 6.50. The SMILES string of the molecule is CC(C)Oc1ccccc1NC(=O)/C=C/c1ccc(OCc2ccccn2)cc1. The zero-order valence-electron chi connectivity index (χ0n) is 16.5. The molecule has 0 aliphatic rings. The molecule has 0 bridgehead atoms. The van der Waals surface area contributed by atoms with Crippen molar-refractivity contribution in [3.63, 3.8) is 0 Å². The Hall–Kier alpha value is -3.60. The number of para-hydroxylation sites is 2. The monoisotopic (exact) mass is 388 g/mol. The molecule has 2 aromatic carbocycles. The first-order chi connectivity index (χ1) is 14.1. The largest absolute Gasteiger partial charge is 0.489 e. The number of carbonyl (C=O) groups is 1. The number of hydrogen-bond acceptors (Lipinski definition) is 4. The van der Waals surface area contributed by atoms with E-state index < -0.39 is 0 Å². The minimum atomic E-state index is -0.222. The molecule has 148 valence electrons. The lowest BCUT2D eigenvalue weighted by molar-refractivity contribution is -0.111. The minimum absolute atomic E-state index is 0.0296. The molecule has 29 heavy (non-hydrogen) atoms. The van der Waals surface area contributed by atoms with Crippen LogP contribution in [-0.2, 0) is 11.4 Å². The lowest BCUT2D eigenvalue weighted by atomic mass is 10.2. The van der Waals surface area contributed by atoms with Crippen LogP contribution in [0.5, 0.6) is 11.5 Å². The molecular formula is C24H24N2O3. The molecule has 0 radical (unpaired) electrons. The minimum Gasteiger partial charge on any atom is -0.489 e. The van der Waals surface area contributed by atoms with Crippen LogP contribution in [0.1, 0.15) is 25.1 Å². The number of pyridine rings is 1. The van der Waals surface area contributed by atoms with E-state index >= 15 is 0 Å². The summed E-state index contributed by atoms with van der Waals surface area (Å²) in [6, 6.07) is 20.6. The third-order valence-electron chi connectivity index (χ3n) is 3.93. The van der Waals surface area contributed by atoms with Crippen LogP contribution in [0, 0.1) is 0 Å². The van der Waals surface area contributed by atoms with Crippen LogP contribution in [0.25, 0.3) is 6.08 Å². The number of nitrogens with zero attached hydrogens (tertiary/aromatic N) is 1. The fourth-order valence-corrected chi connectivity index (χ4v) is 2.59. The first-order valence-corrected chi connectivity index (χ1v) is 9.47. The lowest BCUT2D eigenvalue weighted by Crippen LogP contribution is -2.12. The third-order valence-corrected chi connectivity index (χ3v) is 3.93. The molecule has 0 unspecified atom stereocenters. The second-order valence-electron chi connectivity index (χ2n) is 6.66. The molecule has 0 aliphatic heterocycles. The topological polar surface area (TPSA) is 60.5 Å². The van der Waals surface area contributed by atoms with Gasteiger partial charge in [0.05, 0.1) is 17.5 Å². The molecule has 0 spiro atoms. The van der Waals surface area contributed by atoms with Crippen molar-refractivity contribution in [1.82, 2.24) is 4.98 Å². The summed E-state index contributed by atoms with van der Waals surface area (Å²) in [6.07, 6.45) is 5.02. The van der Waals surface area contributed by atoms with Crippen molar-refractivity contribution in [3.05, 3.63) is 90.3 Å². The van der Waals surface area contributed by atoms with Gasteiger partial charge in [0, 0.05) is 12.3 Å². The molecule has 1 amide bonds. The molecule has 0 atom stereocenters. The fraction of sp³-hybridized carbons (Fsp3) is 0.167. The summed E-state index contributed by atoms with van der Waals surface area (Å²) in [4.78, 5) is 16.5. The van der Waals surface area contributed by atoms with Gasteiger partial charge in [0.25, 0.3) is 0 Å². The smallest absolute Gasteiger partial charge is 0.248 e. The van der Waals surface area contributed by atoms with E-state index in [-0.39, 0.29) is 12.0 Å². The Morgan fingerprint density at radius 3 is 2.52 bits per heavy atom. The highest BCUT2D eigenvalue weighted by Gasteiger charge is 2.07. The van der Waals surface area contributed by atoms with E-state index in [0.29, 0.717) is 18.0 Å². The van der Waals surface area contributed by atoms with E-state index in [0.717, 1.165) is 17.0 Å². The van der Waals surface area contributed by atoms with Gasteiger partial charge in [-0.25, -0.2) is 0 Å². The van der Waals surface area contributed by atoms with E-state index in [1.165, 1.54) is 6.08 Å². The maximum atomic E-state index is 12.3. The molecule has 0 aliphatic carbocycles.